The van der Waals surface area contributed by atoms with Gasteiger partial charge in [0.05, 0.1) is 5.69 Å². The van der Waals surface area contributed by atoms with Crippen LogP contribution in [0.2, 0.25) is 0 Å². The van der Waals surface area contributed by atoms with Crippen LogP contribution in [0.15, 0.2) is 16.6 Å². The summed E-state index contributed by atoms with van der Waals surface area (Å²) in [4.78, 5) is 40.1. The molecule has 0 aliphatic carbocycles. The Labute approximate surface area is 150 Å². The van der Waals surface area contributed by atoms with Gasteiger partial charge in [0.25, 0.3) is 5.91 Å². The number of amides is 2. The monoisotopic (exact) mass is 450 g/mol. The molecule has 0 bridgehead atoms. The number of hydrogen-bond acceptors (Lipinski definition) is 5. The summed E-state index contributed by atoms with van der Waals surface area (Å²) in [5.41, 5.74) is -0.354. The van der Waals surface area contributed by atoms with Crippen LogP contribution in [0.25, 0.3) is 0 Å². The molecule has 0 spiro atoms. The number of aromatic nitrogens is 1. The van der Waals surface area contributed by atoms with Crippen LogP contribution in [0.3, 0.4) is 0 Å². The van der Waals surface area contributed by atoms with Gasteiger partial charge in [-0.3, -0.25) is 9.59 Å². The first-order valence-corrected chi connectivity index (χ1v) is 8.44. The standard InChI is InChI=1S/C14H16Br2N2O5/c1-14(2,3)23-13(22)18(7-11(19)20)12(21)9-5-4-8(16)10(6-15)17-9/h4-5H,6-7H2,1-3H3,(H,19,20). The first-order valence-electron chi connectivity index (χ1n) is 6.53. The van der Waals surface area contributed by atoms with Crippen molar-refractivity contribution in [3.8, 4) is 0 Å². The van der Waals surface area contributed by atoms with Crippen LogP contribution >= 0.6 is 31.9 Å². The Kier molecular flexibility index (Phi) is 6.69. The van der Waals surface area contributed by atoms with Gasteiger partial charge in [-0.25, -0.2) is 14.7 Å². The average molecular weight is 452 g/mol. The van der Waals surface area contributed by atoms with Crippen molar-refractivity contribution in [3.63, 3.8) is 0 Å². The van der Waals surface area contributed by atoms with Crippen molar-refractivity contribution >= 4 is 49.8 Å². The highest BCUT2D eigenvalue weighted by atomic mass is 79.9. The zero-order valence-corrected chi connectivity index (χ0v) is 16.0. The Balaban J connectivity index is 3.13. The fraction of sp³-hybridized carbons (Fsp3) is 0.429. The highest BCUT2D eigenvalue weighted by Crippen LogP contribution is 2.19. The van der Waals surface area contributed by atoms with E-state index in [0.717, 1.165) is 0 Å². The lowest BCUT2D eigenvalue weighted by Gasteiger charge is -2.25. The molecule has 1 N–H and O–H groups in total. The first kappa shape index (κ1) is 19.6. The van der Waals surface area contributed by atoms with Gasteiger partial charge in [-0.2, -0.15) is 0 Å². The molecule has 0 aliphatic rings. The Hall–Kier alpha value is -1.48. The summed E-state index contributed by atoms with van der Waals surface area (Å²) < 4.78 is 5.77. The quantitative estimate of drug-likeness (QED) is 0.706. The van der Waals surface area contributed by atoms with Gasteiger partial charge in [-0.05, 0) is 48.8 Å². The Morgan fingerprint density at radius 2 is 1.91 bits per heavy atom. The predicted octanol–water partition coefficient (Wildman–Crippen LogP) is 3.20. The van der Waals surface area contributed by atoms with E-state index in [2.05, 4.69) is 36.8 Å². The summed E-state index contributed by atoms with van der Waals surface area (Å²) in [6.07, 6.45) is -1.03. The highest BCUT2D eigenvalue weighted by Gasteiger charge is 2.30. The second-order valence-electron chi connectivity index (χ2n) is 5.52. The topological polar surface area (TPSA) is 96.8 Å². The largest absolute Gasteiger partial charge is 0.480 e. The number of carboxylic acids is 1. The number of alkyl halides is 1. The number of halogens is 2. The summed E-state index contributed by atoms with van der Waals surface area (Å²) in [5.74, 6) is -2.17. The lowest BCUT2D eigenvalue weighted by Crippen LogP contribution is -2.44. The molecule has 0 aromatic carbocycles. The van der Waals surface area contributed by atoms with Crippen LogP contribution in [0.5, 0.6) is 0 Å². The summed E-state index contributed by atoms with van der Waals surface area (Å²) in [6, 6.07) is 3.00. The van der Waals surface area contributed by atoms with E-state index in [9.17, 15) is 14.4 Å². The molecule has 0 saturated heterocycles. The number of carbonyl (C=O) groups is 3. The Morgan fingerprint density at radius 1 is 1.30 bits per heavy atom. The van der Waals surface area contributed by atoms with Crippen molar-refractivity contribution in [1.82, 2.24) is 9.88 Å². The van der Waals surface area contributed by atoms with Crippen LogP contribution in [-0.2, 0) is 14.9 Å². The Morgan fingerprint density at radius 3 is 2.39 bits per heavy atom. The van der Waals surface area contributed by atoms with Crippen molar-refractivity contribution in [3.05, 3.63) is 28.0 Å². The molecule has 7 nitrogen and oxygen atoms in total. The fourth-order valence-electron chi connectivity index (χ4n) is 1.51. The van der Waals surface area contributed by atoms with Gasteiger partial charge in [0.15, 0.2) is 0 Å². The van der Waals surface area contributed by atoms with E-state index in [0.29, 0.717) is 20.4 Å². The molecule has 0 fully saturated rings. The molecule has 2 amide bonds. The molecule has 0 atom stereocenters. The van der Waals surface area contributed by atoms with Crippen LogP contribution in [0, 0.1) is 0 Å². The molecule has 126 valence electrons. The average Bonchev–Trinajstić information content (AvgIpc) is 2.42. The third-order valence-corrected chi connectivity index (χ3v) is 3.67. The van der Waals surface area contributed by atoms with Crippen molar-refractivity contribution in [2.75, 3.05) is 6.54 Å². The van der Waals surface area contributed by atoms with Crippen LogP contribution in [-0.4, -0.2) is 45.1 Å². The summed E-state index contributed by atoms with van der Waals surface area (Å²) in [5, 5.41) is 9.32. The van der Waals surface area contributed by atoms with Crippen LogP contribution in [0.4, 0.5) is 4.79 Å². The van der Waals surface area contributed by atoms with Gasteiger partial charge in [0.1, 0.15) is 17.8 Å². The predicted molar refractivity (Wildman–Crippen MR) is 89.5 cm³/mol. The van der Waals surface area contributed by atoms with Gasteiger partial charge >= 0.3 is 12.1 Å². The molecule has 0 aliphatic heterocycles. The van der Waals surface area contributed by atoms with Crippen molar-refractivity contribution in [2.24, 2.45) is 0 Å². The zero-order valence-electron chi connectivity index (χ0n) is 12.8. The molecule has 1 heterocycles. The van der Waals surface area contributed by atoms with Gasteiger partial charge in [-0.1, -0.05) is 15.9 Å². The number of aliphatic carboxylic acids is 1. The maximum atomic E-state index is 12.5. The fourth-order valence-corrected chi connectivity index (χ4v) is 2.67. The minimum Gasteiger partial charge on any atom is -0.480 e. The summed E-state index contributed by atoms with van der Waals surface area (Å²) in [7, 11) is 0. The normalized spacial score (nSPS) is 11.0. The third-order valence-electron chi connectivity index (χ3n) is 2.42. The molecule has 0 radical (unpaired) electrons. The number of nitrogens with zero attached hydrogens (tertiary/aromatic N) is 2. The lowest BCUT2D eigenvalue weighted by atomic mass is 10.2. The molecular weight excluding hydrogens is 436 g/mol. The van der Waals surface area contributed by atoms with Gasteiger partial charge < -0.3 is 9.84 Å². The van der Waals surface area contributed by atoms with E-state index in [1.165, 1.54) is 6.07 Å². The first-order chi connectivity index (χ1) is 10.5. The SMILES string of the molecule is CC(C)(C)OC(=O)N(CC(=O)O)C(=O)c1ccc(Br)c(CBr)n1. The van der Waals surface area contributed by atoms with Crippen molar-refractivity contribution < 1.29 is 24.2 Å². The van der Waals surface area contributed by atoms with E-state index < -0.39 is 30.1 Å². The van der Waals surface area contributed by atoms with Crippen LogP contribution in [0.1, 0.15) is 37.0 Å². The highest BCUT2D eigenvalue weighted by molar-refractivity contribution is 9.10. The smallest absolute Gasteiger partial charge is 0.417 e. The summed E-state index contributed by atoms with van der Waals surface area (Å²) >= 11 is 6.52. The van der Waals surface area contributed by atoms with Crippen LogP contribution < -0.4 is 0 Å². The van der Waals surface area contributed by atoms with Crippen molar-refractivity contribution in [1.29, 1.82) is 0 Å². The molecule has 23 heavy (non-hydrogen) atoms. The minimum atomic E-state index is -1.33. The molecule has 0 saturated carbocycles. The molecule has 1 aromatic heterocycles. The van der Waals surface area contributed by atoms with E-state index in [1.807, 2.05) is 0 Å². The molecule has 1 rings (SSSR count). The zero-order chi connectivity index (χ0) is 17.8. The number of pyridine rings is 1. The van der Waals surface area contributed by atoms with Gasteiger partial charge in [0.2, 0.25) is 0 Å². The second kappa shape index (κ2) is 7.87. The van der Waals surface area contributed by atoms with Gasteiger partial charge in [-0.15, -0.1) is 0 Å². The minimum absolute atomic E-state index is 0.0465. The second-order valence-corrected chi connectivity index (χ2v) is 6.94. The number of carboxylic acid groups (broad SMARTS) is 1. The number of carbonyl (C=O) groups excluding carboxylic acids is 2. The van der Waals surface area contributed by atoms with Gasteiger partial charge in [0, 0.05) is 9.80 Å². The van der Waals surface area contributed by atoms with E-state index >= 15 is 0 Å². The number of hydrogen-bond donors (Lipinski definition) is 1. The molecule has 9 heteroatoms. The summed E-state index contributed by atoms with van der Waals surface area (Å²) in [6.45, 7) is 4.05. The maximum Gasteiger partial charge on any atom is 0.417 e. The third kappa shape index (κ3) is 5.91. The maximum absolute atomic E-state index is 12.5. The molecule has 0 unspecified atom stereocenters. The van der Waals surface area contributed by atoms with E-state index in [1.54, 1.807) is 26.8 Å². The number of rotatable bonds is 4. The van der Waals surface area contributed by atoms with Crippen molar-refractivity contribution in [2.45, 2.75) is 31.7 Å². The van der Waals surface area contributed by atoms with E-state index in [4.69, 9.17) is 9.84 Å². The lowest BCUT2D eigenvalue weighted by molar-refractivity contribution is -0.137. The molecular formula is C14H16Br2N2O5. The molecule has 1 aromatic rings. The van der Waals surface area contributed by atoms with E-state index in [-0.39, 0.29) is 5.69 Å². The number of imide groups is 1. The Bertz CT molecular complexity index is 628. The number of ether oxygens (including phenoxy) is 1.